The lowest BCUT2D eigenvalue weighted by Crippen LogP contribution is -2.49. The fraction of sp³-hybridized carbons (Fsp3) is 0.429. The van der Waals surface area contributed by atoms with Crippen molar-refractivity contribution in [1.29, 1.82) is 0 Å². The summed E-state index contributed by atoms with van der Waals surface area (Å²) in [5.74, 6) is -0.993. The molecule has 0 amide bonds. The molecule has 6 heteroatoms. The van der Waals surface area contributed by atoms with Crippen LogP contribution in [0.2, 0.25) is 0 Å². The van der Waals surface area contributed by atoms with E-state index in [1.807, 2.05) is 0 Å². The van der Waals surface area contributed by atoms with E-state index >= 15 is 0 Å². The predicted octanol–water partition coefficient (Wildman–Crippen LogP) is 1.53. The first-order chi connectivity index (χ1) is 9.39. The number of cyclic esters (lactones) is 1. The Morgan fingerprint density at radius 3 is 2.70 bits per heavy atom. The van der Waals surface area contributed by atoms with Crippen LogP contribution in [-0.4, -0.2) is 33.7 Å². The van der Waals surface area contributed by atoms with Crippen molar-refractivity contribution in [1.82, 2.24) is 0 Å². The Morgan fingerprint density at radius 1 is 1.30 bits per heavy atom. The van der Waals surface area contributed by atoms with Gasteiger partial charge in [0.25, 0.3) is 0 Å². The maximum absolute atomic E-state index is 12.2. The number of rotatable bonds is 1. The van der Waals surface area contributed by atoms with Crippen molar-refractivity contribution in [3.8, 4) is 17.2 Å². The second-order valence-electron chi connectivity index (χ2n) is 5.37. The molecular formula is C14H14O6. The number of Topliss-reactive ketones (excluding diaryl/α,β-unsaturated/α-hetero) is 1. The molecule has 0 aromatic heterocycles. The molecule has 0 aliphatic carbocycles. The Morgan fingerprint density at radius 2 is 2.05 bits per heavy atom. The van der Waals surface area contributed by atoms with Crippen molar-refractivity contribution in [2.45, 2.75) is 37.9 Å². The van der Waals surface area contributed by atoms with Crippen LogP contribution in [0.4, 0.5) is 0 Å². The number of esters is 1. The van der Waals surface area contributed by atoms with Crippen LogP contribution in [0.5, 0.6) is 17.2 Å². The maximum Gasteiger partial charge on any atom is 0.306 e. The molecule has 2 atom stereocenters. The van der Waals surface area contributed by atoms with Crippen LogP contribution in [0, 0.1) is 0 Å². The van der Waals surface area contributed by atoms with Gasteiger partial charge >= 0.3 is 5.97 Å². The molecule has 1 aromatic carbocycles. The summed E-state index contributed by atoms with van der Waals surface area (Å²) in [7, 11) is 0. The minimum absolute atomic E-state index is 0.0102. The zero-order chi connectivity index (χ0) is 14.5. The van der Waals surface area contributed by atoms with E-state index in [1.165, 1.54) is 6.07 Å². The van der Waals surface area contributed by atoms with Crippen LogP contribution < -0.4 is 4.74 Å². The number of phenolic OH excluding ortho intramolecular Hbond substituents is 2. The van der Waals surface area contributed by atoms with E-state index in [0.29, 0.717) is 12.8 Å². The number of fused-ring (bicyclic) bond motifs is 1. The number of ether oxygens (including phenoxy) is 2. The first-order valence-electron chi connectivity index (χ1n) is 6.37. The maximum atomic E-state index is 12.2. The number of hydrogen-bond donors (Lipinski definition) is 2. The Balaban J connectivity index is 1.99. The highest BCUT2D eigenvalue weighted by Crippen LogP contribution is 2.43. The van der Waals surface area contributed by atoms with Gasteiger partial charge in [0.15, 0.2) is 11.4 Å². The fourth-order valence-corrected chi connectivity index (χ4v) is 2.78. The summed E-state index contributed by atoms with van der Waals surface area (Å²) >= 11 is 0. The Kier molecular flexibility index (Phi) is 2.64. The third-order valence-electron chi connectivity index (χ3n) is 3.77. The first kappa shape index (κ1) is 12.8. The summed E-state index contributed by atoms with van der Waals surface area (Å²) in [6.07, 6.45) is 0.297. The molecule has 0 radical (unpaired) electrons. The van der Waals surface area contributed by atoms with Crippen LogP contribution in [0.3, 0.4) is 0 Å². The van der Waals surface area contributed by atoms with Gasteiger partial charge < -0.3 is 19.7 Å². The molecule has 0 bridgehead atoms. The first-order valence-corrected chi connectivity index (χ1v) is 6.37. The van der Waals surface area contributed by atoms with Gasteiger partial charge in [0, 0.05) is 18.6 Å². The van der Waals surface area contributed by atoms with Crippen LogP contribution in [0.1, 0.15) is 36.5 Å². The molecule has 3 rings (SSSR count). The molecule has 2 N–H and O–H groups in total. The molecule has 106 valence electrons. The molecular weight excluding hydrogens is 264 g/mol. The largest absolute Gasteiger partial charge is 0.508 e. The van der Waals surface area contributed by atoms with Crippen molar-refractivity contribution in [2.75, 3.05) is 0 Å². The average Bonchev–Trinajstić information content (AvgIpc) is 2.74. The molecule has 0 spiro atoms. The normalized spacial score (nSPS) is 28.8. The number of carbonyl (C=O) groups is 2. The van der Waals surface area contributed by atoms with E-state index in [1.54, 1.807) is 6.92 Å². The second kappa shape index (κ2) is 4.13. The summed E-state index contributed by atoms with van der Waals surface area (Å²) in [6.45, 7) is 1.69. The van der Waals surface area contributed by atoms with Crippen molar-refractivity contribution in [2.24, 2.45) is 0 Å². The predicted molar refractivity (Wildman–Crippen MR) is 66.9 cm³/mol. The summed E-state index contributed by atoms with van der Waals surface area (Å²) < 4.78 is 11.0. The second-order valence-corrected chi connectivity index (χ2v) is 5.37. The molecule has 2 aliphatic heterocycles. The minimum atomic E-state index is -0.976. The van der Waals surface area contributed by atoms with Gasteiger partial charge in [-0.15, -0.1) is 0 Å². The van der Waals surface area contributed by atoms with Crippen LogP contribution >= 0.6 is 0 Å². The van der Waals surface area contributed by atoms with E-state index in [0.717, 1.165) is 6.07 Å². The lowest BCUT2D eigenvalue weighted by molar-refractivity contribution is -0.149. The zero-order valence-corrected chi connectivity index (χ0v) is 10.9. The highest BCUT2D eigenvalue weighted by molar-refractivity contribution is 6.03. The van der Waals surface area contributed by atoms with Gasteiger partial charge in [-0.05, 0) is 13.3 Å². The standard InChI is InChI=1S/C14H14O6/c1-14(11-2-3-12(18)19-11)6-9(17)13-8(16)4-7(15)5-10(13)20-14/h4-5,11,15-16H,2-3,6H2,1H3. The molecule has 1 saturated heterocycles. The lowest BCUT2D eigenvalue weighted by Gasteiger charge is -2.38. The van der Waals surface area contributed by atoms with E-state index in [9.17, 15) is 19.8 Å². The van der Waals surface area contributed by atoms with Crippen LogP contribution in [0.25, 0.3) is 0 Å². The fourth-order valence-electron chi connectivity index (χ4n) is 2.78. The summed E-state index contributed by atoms with van der Waals surface area (Å²) in [6, 6.07) is 2.37. The monoisotopic (exact) mass is 278 g/mol. The van der Waals surface area contributed by atoms with Gasteiger partial charge in [-0.1, -0.05) is 0 Å². The van der Waals surface area contributed by atoms with Crippen molar-refractivity contribution in [3.05, 3.63) is 17.7 Å². The number of ketones is 1. The van der Waals surface area contributed by atoms with E-state index in [4.69, 9.17) is 9.47 Å². The highest BCUT2D eigenvalue weighted by Gasteiger charge is 2.48. The molecule has 2 heterocycles. The summed E-state index contributed by atoms with van der Waals surface area (Å²) in [4.78, 5) is 23.4. The Hall–Kier alpha value is -2.24. The van der Waals surface area contributed by atoms with Gasteiger partial charge in [-0.2, -0.15) is 0 Å². The van der Waals surface area contributed by atoms with Gasteiger partial charge in [0.1, 0.15) is 28.9 Å². The smallest absolute Gasteiger partial charge is 0.306 e. The molecule has 1 fully saturated rings. The van der Waals surface area contributed by atoms with E-state index in [-0.39, 0.29) is 41.0 Å². The molecule has 6 nitrogen and oxygen atoms in total. The third-order valence-corrected chi connectivity index (χ3v) is 3.77. The van der Waals surface area contributed by atoms with Gasteiger partial charge in [-0.25, -0.2) is 0 Å². The quantitative estimate of drug-likeness (QED) is 0.757. The molecule has 0 saturated carbocycles. The number of carbonyl (C=O) groups excluding carboxylic acids is 2. The summed E-state index contributed by atoms with van der Waals surface area (Å²) in [5, 5.41) is 19.2. The topological polar surface area (TPSA) is 93.1 Å². The zero-order valence-electron chi connectivity index (χ0n) is 10.9. The summed E-state index contributed by atoms with van der Waals surface area (Å²) in [5.41, 5.74) is -0.916. The van der Waals surface area contributed by atoms with Crippen molar-refractivity contribution >= 4 is 11.8 Å². The molecule has 1 aromatic rings. The molecule has 2 aliphatic rings. The Bertz CT molecular complexity index is 608. The van der Waals surface area contributed by atoms with E-state index in [2.05, 4.69) is 0 Å². The van der Waals surface area contributed by atoms with Crippen molar-refractivity contribution < 1.29 is 29.3 Å². The van der Waals surface area contributed by atoms with Crippen LogP contribution in [0.15, 0.2) is 12.1 Å². The van der Waals surface area contributed by atoms with Crippen LogP contribution in [-0.2, 0) is 9.53 Å². The highest BCUT2D eigenvalue weighted by atomic mass is 16.6. The molecule has 2 unspecified atom stereocenters. The van der Waals surface area contributed by atoms with Gasteiger partial charge in [-0.3, -0.25) is 9.59 Å². The Labute approximate surface area is 114 Å². The van der Waals surface area contributed by atoms with Crippen molar-refractivity contribution in [3.63, 3.8) is 0 Å². The SMILES string of the molecule is CC1(C2CCC(=O)O2)CC(=O)c2c(O)cc(O)cc2O1. The lowest BCUT2D eigenvalue weighted by atomic mass is 9.85. The van der Waals surface area contributed by atoms with E-state index < -0.39 is 11.7 Å². The number of phenols is 2. The number of benzene rings is 1. The number of hydrogen-bond acceptors (Lipinski definition) is 6. The van der Waals surface area contributed by atoms with Gasteiger partial charge in [0.2, 0.25) is 0 Å². The average molecular weight is 278 g/mol. The third kappa shape index (κ3) is 1.88. The van der Waals surface area contributed by atoms with Gasteiger partial charge in [0.05, 0.1) is 6.42 Å². The minimum Gasteiger partial charge on any atom is -0.508 e. The molecule has 20 heavy (non-hydrogen) atoms. The number of aromatic hydroxyl groups is 2.